The van der Waals surface area contributed by atoms with Gasteiger partial charge in [0.2, 0.25) is 0 Å². The Morgan fingerprint density at radius 3 is 1.58 bits per heavy atom. The van der Waals surface area contributed by atoms with Crippen molar-refractivity contribution in [3.63, 3.8) is 0 Å². The van der Waals surface area contributed by atoms with E-state index in [9.17, 15) is 0 Å². The normalized spacial score (nSPS) is 22.6. The lowest BCUT2D eigenvalue weighted by atomic mass is 10.1. The Balaban J connectivity index is 1.82. The molecule has 2 saturated heterocycles. The monoisotopic (exact) mass is 328 g/mol. The third-order valence-electron chi connectivity index (χ3n) is 3.32. The Bertz CT molecular complexity index is 384. The molecule has 0 spiro atoms. The minimum Gasteiger partial charge on any atom is -0.143 e. The van der Waals surface area contributed by atoms with Crippen LogP contribution in [0.1, 0.15) is 38.7 Å². The first kappa shape index (κ1) is 14.6. The molecule has 0 bridgehead atoms. The molecule has 19 heavy (non-hydrogen) atoms. The van der Waals surface area contributed by atoms with E-state index >= 15 is 0 Å². The summed E-state index contributed by atoms with van der Waals surface area (Å²) in [5.41, 5.74) is 4.54. The van der Waals surface area contributed by atoms with Crippen LogP contribution >= 0.6 is 47.0 Å². The second kappa shape index (κ2) is 7.06. The van der Waals surface area contributed by atoms with Gasteiger partial charge in [-0.1, -0.05) is 23.8 Å². The van der Waals surface area contributed by atoms with Crippen molar-refractivity contribution >= 4 is 47.0 Å². The summed E-state index contributed by atoms with van der Waals surface area (Å²) in [6.07, 6.45) is 2.75. The van der Waals surface area contributed by atoms with E-state index in [1.165, 1.54) is 41.4 Å². The standard InChI is InChI=1S/C15H20S4/c1-11-8-12(14-16-4-2-5-17-14)10-13(9-11)15-18-6-3-7-19-15/h8-10,14-15H,2-7H2,1H3. The molecule has 0 nitrogen and oxygen atoms in total. The summed E-state index contributed by atoms with van der Waals surface area (Å²) in [6.45, 7) is 2.25. The first-order chi connectivity index (χ1) is 9.33. The molecular weight excluding hydrogens is 308 g/mol. The van der Waals surface area contributed by atoms with Gasteiger partial charge in [0.1, 0.15) is 0 Å². The maximum absolute atomic E-state index is 2.49. The lowest BCUT2D eigenvalue weighted by molar-refractivity contribution is 1.09. The van der Waals surface area contributed by atoms with Crippen molar-refractivity contribution in [3.05, 3.63) is 34.9 Å². The van der Waals surface area contributed by atoms with Gasteiger partial charge in [0.15, 0.2) is 0 Å². The summed E-state index contributed by atoms with van der Waals surface area (Å²) < 4.78 is 1.34. The van der Waals surface area contributed by atoms with E-state index in [4.69, 9.17) is 0 Å². The highest BCUT2D eigenvalue weighted by Gasteiger charge is 2.21. The molecule has 2 fully saturated rings. The molecule has 1 aromatic rings. The van der Waals surface area contributed by atoms with Crippen LogP contribution < -0.4 is 0 Å². The minimum absolute atomic E-state index is 0.672. The molecule has 0 amide bonds. The van der Waals surface area contributed by atoms with E-state index < -0.39 is 0 Å². The van der Waals surface area contributed by atoms with Crippen molar-refractivity contribution in [3.8, 4) is 0 Å². The maximum Gasteiger partial charge on any atom is 0.0751 e. The van der Waals surface area contributed by atoms with Gasteiger partial charge in [-0.15, -0.1) is 47.0 Å². The van der Waals surface area contributed by atoms with E-state index in [2.05, 4.69) is 72.2 Å². The Morgan fingerprint density at radius 2 is 1.16 bits per heavy atom. The quantitative estimate of drug-likeness (QED) is 0.679. The smallest absolute Gasteiger partial charge is 0.0751 e. The molecule has 0 aliphatic carbocycles. The molecule has 0 unspecified atom stereocenters. The summed E-state index contributed by atoms with van der Waals surface area (Å²) in [7, 11) is 0. The van der Waals surface area contributed by atoms with Crippen LogP contribution in [-0.2, 0) is 0 Å². The molecule has 104 valence electrons. The van der Waals surface area contributed by atoms with Gasteiger partial charge in [-0.3, -0.25) is 0 Å². The molecule has 0 aromatic heterocycles. The van der Waals surface area contributed by atoms with Gasteiger partial charge in [-0.25, -0.2) is 0 Å². The van der Waals surface area contributed by atoms with Crippen LogP contribution in [0.3, 0.4) is 0 Å². The lowest BCUT2D eigenvalue weighted by Crippen LogP contribution is -2.04. The molecule has 4 heteroatoms. The van der Waals surface area contributed by atoms with E-state index in [1.54, 1.807) is 11.1 Å². The van der Waals surface area contributed by atoms with Crippen molar-refractivity contribution < 1.29 is 0 Å². The SMILES string of the molecule is Cc1cc(C2SCCCS2)cc(C2SCCCS2)c1. The van der Waals surface area contributed by atoms with Gasteiger partial charge in [0.25, 0.3) is 0 Å². The molecule has 0 radical (unpaired) electrons. The van der Waals surface area contributed by atoms with Crippen LogP contribution in [0.4, 0.5) is 0 Å². The molecule has 0 atom stereocenters. The van der Waals surface area contributed by atoms with Crippen molar-refractivity contribution in [2.45, 2.75) is 28.9 Å². The van der Waals surface area contributed by atoms with E-state index in [1.807, 2.05) is 0 Å². The first-order valence-electron chi connectivity index (χ1n) is 6.91. The van der Waals surface area contributed by atoms with Gasteiger partial charge in [0, 0.05) is 0 Å². The van der Waals surface area contributed by atoms with Crippen LogP contribution in [0.25, 0.3) is 0 Å². The summed E-state index contributed by atoms with van der Waals surface area (Å²) in [5.74, 6) is 5.31. The van der Waals surface area contributed by atoms with Gasteiger partial charge in [-0.2, -0.15) is 0 Å². The number of hydrogen-bond donors (Lipinski definition) is 0. The largest absolute Gasteiger partial charge is 0.143 e. The Labute approximate surface area is 133 Å². The zero-order valence-electron chi connectivity index (χ0n) is 11.3. The van der Waals surface area contributed by atoms with Crippen LogP contribution in [0.5, 0.6) is 0 Å². The summed E-state index contributed by atoms with van der Waals surface area (Å²) in [6, 6.07) is 7.29. The average molecular weight is 329 g/mol. The highest BCUT2D eigenvalue weighted by atomic mass is 32.2. The van der Waals surface area contributed by atoms with Crippen molar-refractivity contribution in [2.75, 3.05) is 23.0 Å². The number of thioether (sulfide) groups is 4. The number of aryl methyl sites for hydroxylation is 1. The second-order valence-electron chi connectivity index (χ2n) is 5.03. The maximum atomic E-state index is 2.49. The summed E-state index contributed by atoms with van der Waals surface area (Å²) >= 11 is 8.52. The molecule has 2 aliphatic rings. The molecule has 3 rings (SSSR count). The van der Waals surface area contributed by atoms with Crippen LogP contribution in [0, 0.1) is 6.92 Å². The van der Waals surface area contributed by atoms with E-state index in [-0.39, 0.29) is 0 Å². The van der Waals surface area contributed by atoms with Crippen molar-refractivity contribution in [1.29, 1.82) is 0 Å². The van der Waals surface area contributed by atoms with E-state index in [0.29, 0.717) is 9.16 Å². The Hall–Kier alpha value is 0.620. The van der Waals surface area contributed by atoms with Crippen LogP contribution in [0.15, 0.2) is 18.2 Å². The van der Waals surface area contributed by atoms with E-state index in [0.717, 1.165) is 0 Å². The van der Waals surface area contributed by atoms with Gasteiger partial charge in [0.05, 0.1) is 9.16 Å². The zero-order chi connectivity index (χ0) is 13.1. The fraction of sp³-hybridized carbons (Fsp3) is 0.600. The predicted molar refractivity (Wildman–Crippen MR) is 95.7 cm³/mol. The van der Waals surface area contributed by atoms with Crippen molar-refractivity contribution in [2.24, 2.45) is 0 Å². The lowest BCUT2D eigenvalue weighted by Gasteiger charge is -2.25. The molecule has 1 aromatic carbocycles. The highest BCUT2D eigenvalue weighted by Crippen LogP contribution is 2.47. The van der Waals surface area contributed by atoms with Gasteiger partial charge in [-0.05, 0) is 53.9 Å². The molecule has 2 heterocycles. The summed E-state index contributed by atoms with van der Waals surface area (Å²) in [4.78, 5) is 0. The van der Waals surface area contributed by atoms with Gasteiger partial charge < -0.3 is 0 Å². The topological polar surface area (TPSA) is 0 Å². The second-order valence-corrected chi connectivity index (χ2v) is 10.5. The number of rotatable bonds is 2. The van der Waals surface area contributed by atoms with Crippen molar-refractivity contribution in [1.82, 2.24) is 0 Å². The van der Waals surface area contributed by atoms with Gasteiger partial charge >= 0.3 is 0 Å². The number of hydrogen-bond acceptors (Lipinski definition) is 4. The average Bonchev–Trinajstić information content (AvgIpc) is 2.48. The highest BCUT2D eigenvalue weighted by molar-refractivity contribution is 8.17. The predicted octanol–water partition coefficient (Wildman–Crippen LogP) is 5.73. The molecule has 0 saturated carbocycles. The Morgan fingerprint density at radius 1 is 0.737 bits per heavy atom. The van der Waals surface area contributed by atoms with Crippen LogP contribution in [0.2, 0.25) is 0 Å². The molecular formula is C15H20S4. The zero-order valence-corrected chi connectivity index (χ0v) is 14.5. The fourth-order valence-corrected chi connectivity index (χ4v) is 8.18. The fourth-order valence-electron chi connectivity index (χ4n) is 2.48. The first-order valence-corrected chi connectivity index (χ1v) is 11.1. The Kier molecular flexibility index (Phi) is 5.41. The molecule has 2 aliphatic heterocycles. The third-order valence-corrected chi connectivity index (χ3v) is 9.35. The summed E-state index contributed by atoms with van der Waals surface area (Å²) in [5, 5.41) is 0. The van der Waals surface area contributed by atoms with Crippen LogP contribution in [-0.4, -0.2) is 23.0 Å². The third kappa shape index (κ3) is 3.84. The number of benzene rings is 1. The molecule has 0 N–H and O–H groups in total. The minimum atomic E-state index is 0.672.